The van der Waals surface area contributed by atoms with E-state index in [1.807, 2.05) is 44.2 Å². The van der Waals surface area contributed by atoms with E-state index in [0.717, 1.165) is 22.2 Å². The molecule has 0 aliphatic carbocycles. The fourth-order valence-electron chi connectivity index (χ4n) is 3.10. The van der Waals surface area contributed by atoms with E-state index >= 15 is 0 Å². The van der Waals surface area contributed by atoms with Gasteiger partial charge in [0.2, 0.25) is 0 Å². The number of Topliss-reactive ketones (excluding diaryl/α,β-unsaturated/α-hetero) is 1. The second kappa shape index (κ2) is 6.28. The van der Waals surface area contributed by atoms with Crippen molar-refractivity contribution in [1.82, 2.24) is 9.97 Å². The molecule has 2 heterocycles. The Bertz CT molecular complexity index is 936. The van der Waals surface area contributed by atoms with Crippen LogP contribution in [0.4, 0.5) is 5.69 Å². The molecule has 1 aromatic carbocycles. The zero-order valence-corrected chi connectivity index (χ0v) is 13.9. The third-order valence-electron chi connectivity index (χ3n) is 4.12. The maximum absolute atomic E-state index is 12.8. The summed E-state index contributed by atoms with van der Waals surface area (Å²) in [4.78, 5) is 32.0. The first-order valence-corrected chi connectivity index (χ1v) is 7.90. The minimum atomic E-state index is -0.251. The lowest BCUT2D eigenvalue weighted by molar-refractivity contribution is 0.101. The van der Waals surface area contributed by atoms with E-state index in [2.05, 4.69) is 15.3 Å². The summed E-state index contributed by atoms with van der Waals surface area (Å²) in [5.41, 5.74) is 4.06. The van der Waals surface area contributed by atoms with Gasteiger partial charge < -0.3 is 10.3 Å². The van der Waals surface area contributed by atoms with Crippen molar-refractivity contribution in [2.24, 2.45) is 0 Å². The predicted molar refractivity (Wildman–Crippen MR) is 94.6 cm³/mol. The van der Waals surface area contributed by atoms with Crippen LogP contribution < -0.4 is 5.32 Å². The number of nitrogens with one attached hydrogen (secondary N) is 2. The summed E-state index contributed by atoms with van der Waals surface area (Å²) in [5.74, 6) is -0.284. The van der Waals surface area contributed by atoms with Crippen LogP contribution in [0.15, 0.2) is 36.5 Å². The van der Waals surface area contributed by atoms with Crippen LogP contribution in [-0.4, -0.2) is 21.7 Å². The number of hydrogen-bond acceptors (Lipinski definition) is 3. The smallest absolute Gasteiger partial charge is 0.272 e. The third kappa shape index (κ3) is 2.69. The number of nitrogens with zero attached hydrogens (tertiary/aromatic N) is 1. The zero-order chi connectivity index (χ0) is 17.3. The van der Waals surface area contributed by atoms with E-state index in [9.17, 15) is 9.59 Å². The largest absolute Gasteiger partial charge is 0.354 e. The van der Waals surface area contributed by atoms with Gasteiger partial charge in [-0.2, -0.15) is 0 Å². The van der Waals surface area contributed by atoms with Crippen molar-refractivity contribution >= 4 is 28.3 Å². The first-order valence-electron chi connectivity index (χ1n) is 7.90. The lowest BCUT2D eigenvalue weighted by Gasteiger charge is -2.09. The van der Waals surface area contributed by atoms with Crippen LogP contribution in [0.1, 0.15) is 46.0 Å². The summed E-state index contributed by atoms with van der Waals surface area (Å²) in [5, 5.41) is 3.81. The molecule has 0 bridgehead atoms. The molecule has 0 unspecified atom stereocenters. The standard InChI is InChI=1S/C19H19N3O2/c1-4-13-17(12(3)23)11(2)21-18(13)19(24)22-16-9-5-8-15-14(16)7-6-10-20-15/h5-10,21H,4H2,1-3H3,(H,22,24). The fraction of sp³-hybridized carbons (Fsp3) is 0.211. The molecule has 0 spiro atoms. The molecule has 2 aromatic heterocycles. The highest BCUT2D eigenvalue weighted by Crippen LogP contribution is 2.24. The lowest BCUT2D eigenvalue weighted by Crippen LogP contribution is -2.15. The van der Waals surface area contributed by atoms with Crippen LogP contribution in [-0.2, 0) is 6.42 Å². The van der Waals surface area contributed by atoms with Crippen molar-refractivity contribution in [3.05, 3.63) is 59.0 Å². The Morgan fingerprint density at radius 1 is 1.21 bits per heavy atom. The molecular formula is C19H19N3O2. The number of H-pyrrole nitrogens is 1. The first-order chi connectivity index (χ1) is 11.5. The Balaban J connectivity index is 2.01. The Hall–Kier alpha value is -2.95. The molecule has 1 amide bonds. The average molecular weight is 321 g/mol. The molecule has 0 saturated heterocycles. The van der Waals surface area contributed by atoms with Gasteiger partial charge in [0, 0.05) is 22.8 Å². The maximum atomic E-state index is 12.8. The number of carbonyl (C=O) groups excluding carboxylic acids is 2. The van der Waals surface area contributed by atoms with E-state index < -0.39 is 0 Å². The normalized spacial score (nSPS) is 10.8. The number of carbonyl (C=O) groups is 2. The molecule has 0 saturated carbocycles. The Labute approximate surface area is 140 Å². The molecule has 0 radical (unpaired) electrons. The summed E-state index contributed by atoms with van der Waals surface area (Å²) in [6.45, 7) is 5.27. The van der Waals surface area contributed by atoms with Crippen molar-refractivity contribution in [2.45, 2.75) is 27.2 Å². The molecule has 0 aliphatic heterocycles. The summed E-state index contributed by atoms with van der Waals surface area (Å²) in [6, 6.07) is 9.35. The van der Waals surface area contributed by atoms with E-state index in [-0.39, 0.29) is 11.7 Å². The quantitative estimate of drug-likeness (QED) is 0.716. The number of ketones is 1. The van der Waals surface area contributed by atoms with Gasteiger partial charge in [-0.3, -0.25) is 14.6 Å². The number of fused-ring (bicyclic) bond motifs is 1. The van der Waals surface area contributed by atoms with Crippen LogP contribution >= 0.6 is 0 Å². The van der Waals surface area contributed by atoms with Crippen LogP contribution in [0.2, 0.25) is 0 Å². The van der Waals surface area contributed by atoms with Crippen molar-refractivity contribution in [3.8, 4) is 0 Å². The molecule has 122 valence electrons. The number of anilines is 1. The van der Waals surface area contributed by atoms with Crippen molar-refractivity contribution in [1.29, 1.82) is 0 Å². The van der Waals surface area contributed by atoms with Gasteiger partial charge in [0.05, 0.1) is 11.2 Å². The maximum Gasteiger partial charge on any atom is 0.272 e. The molecule has 0 aliphatic rings. The number of rotatable bonds is 4. The van der Waals surface area contributed by atoms with Gasteiger partial charge in [0.1, 0.15) is 5.69 Å². The van der Waals surface area contributed by atoms with Crippen molar-refractivity contribution < 1.29 is 9.59 Å². The number of amides is 1. The zero-order valence-electron chi connectivity index (χ0n) is 13.9. The number of hydrogen-bond donors (Lipinski definition) is 2. The number of benzene rings is 1. The third-order valence-corrected chi connectivity index (χ3v) is 4.12. The summed E-state index contributed by atoms with van der Waals surface area (Å²) in [7, 11) is 0. The highest BCUT2D eigenvalue weighted by atomic mass is 16.2. The monoisotopic (exact) mass is 321 g/mol. The minimum absolute atomic E-state index is 0.0333. The van der Waals surface area contributed by atoms with Gasteiger partial charge >= 0.3 is 0 Å². The van der Waals surface area contributed by atoms with Crippen molar-refractivity contribution in [3.63, 3.8) is 0 Å². The number of aromatic amines is 1. The molecular weight excluding hydrogens is 302 g/mol. The molecule has 5 heteroatoms. The predicted octanol–water partition coefficient (Wildman–Crippen LogP) is 3.89. The van der Waals surface area contributed by atoms with Gasteiger partial charge in [-0.15, -0.1) is 0 Å². The lowest BCUT2D eigenvalue weighted by atomic mass is 10.0. The van der Waals surface area contributed by atoms with Crippen LogP contribution in [0.25, 0.3) is 10.9 Å². The fourth-order valence-corrected chi connectivity index (χ4v) is 3.10. The Morgan fingerprint density at radius 2 is 2.00 bits per heavy atom. The Kier molecular flexibility index (Phi) is 4.16. The van der Waals surface area contributed by atoms with Crippen molar-refractivity contribution in [2.75, 3.05) is 5.32 Å². The summed E-state index contributed by atoms with van der Waals surface area (Å²) < 4.78 is 0. The van der Waals surface area contributed by atoms with Gasteiger partial charge in [0.25, 0.3) is 5.91 Å². The van der Waals surface area contributed by atoms with Crippen LogP contribution in [0.3, 0.4) is 0 Å². The van der Waals surface area contributed by atoms with Gasteiger partial charge in [0.15, 0.2) is 5.78 Å². The van der Waals surface area contributed by atoms with Crippen LogP contribution in [0.5, 0.6) is 0 Å². The minimum Gasteiger partial charge on any atom is -0.354 e. The second-order valence-electron chi connectivity index (χ2n) is 5.72. The van der Waals surface area contributed by atoms with E-state index in [1.165, 1.54) is 6.92 Å². The topological polar surface area (TPSA) is 74.8 Å². The van der Waals surface area contributed by atoms with E-state index in [0.29, 0.717) is 23.4 Å². The molecule has 0 atom stereocenters. The summed E-state index contributed by atoms with van der Waals surface area (Å²) in [6.07, 6.45) is 2.33. The number of pyridine rings is 1. The molecule has 3 aromatic rings. The molecule has 24 heavy (non-hydrogen) atoms. The SMILES string of the molecule is CCc1c(C(=O)Nc2cccc3ncccc23)[nH]c(C)c1C(C)=O. The van der Waals surface area contributed by atoms with Gasteiger partial charge in [-0.1, -0.05) is 13.0 Å². The van der Waals surface area contributed by atoms with Gasteiger partial charge in [-0.25, -0.2) is 0 Å². The highest BCUT2D eigenvalue weighted by molar-refractivity contribution is 6.10. The Morgan fingerprint density at radius 3 is 2.71 bits per heavy atom. The number of aryl methyl sites for hydroxylation is 1. The highest BCUT2D eigenvalue weighted by Gasteiger charge is 2.21. The average Bonchev–Trinajstić information content (AvgIpc) is 2.92. The molecule has 3 rings (SSSR count). The van der Waals surface area contributed by atoms with Crippen LogP contribution in [0, 0.1) is 6.92 Å². The second-order valence-corrected chi connectivity index (χ2v) is 5.72. The van der Waals surface area contributed by atoms with E-state index in [4.69, 9.17) is 0 Å². The van der Waals surface area contributed by atoms with E-state index in [1.54, 1.807) is 6.20 Å². The van der Waals surface area contributed by atoms with Gasteiger partial charge in [-0.05, 0) is 50.1 Å². The number of aromatic nitrogens is 2. The first kappa shape index (κ1) is 15.9. The molecule has 0 fully saturated rings. The molecule has 5 nitrogen and oxygen atoms in total. The molecule has 2 N–H and O–H groups in total. The summed E-state index contributed by atoms with van der Waals surface area (Å²) >= 11 is 0.